The molecule has 2 atom stereocenters. The fourth-order valence-corrected chi connectivity index (χ4v) is 3.11. The van der Waals surface area contributed by atoms with E-state index < -0.39 is 44.5 Å². The van der Waals surface area contributed by atoms with Crippen LogP contribution in [0.15, 0.2) is 29.2 Å². The van der Waals surface area contributed by atoms with Crippen molar-refractivity contribution in [1.82, 2.24) is 0 Å². The van der Waals surface area contributed by atoms with E-state index in [-0.39, 0.29) is 5.75 Å². The summed E-state index contributed by atoms with van der Waals surface area (Å²) in [5.41, 5.74) is 1.03. The lowest BCUT2D eigenvalue weighted by molar-refractivity contribution is 0.381. The van der Waals surface area contributed by atoms with Gasteiger partial charge in [-0.3, -0.25) is 0 Å². The largest absolute Gasteiger partial charge is 0.451 e. The molecule has 0 spiro atoms. The maximum Gasteiger partial charge on any atom is 0.205 e. The van der Waals surface area contributed by atoms with E-state index in [4.69, 9.17) is 9.29 Å². The summed E-state index contributed by atoms with van der Waals surface area (Å²) in [6.07, 6.45) is 1.80. The van der Waals surface area contributed by atoms with Crippen molar-refractivity contribution in [1.29, 1.82) is 0 Å². The van der Waals surface area contributed by atoms with Gasteiger partial charge < -0.3 is 9.29 Å². The molecule has 27 heavy (non-hydrogen) atoms. The van der Waals surface area contributed by atoms with Crippen LogP contribution in [-0.4, -0.2) is 8.76 Å². The van der Waals surface area contributed by atoms with Gasteiger partial charge in [0.25, 0.3) is 0 Å². The molecule has 0 amide bonds. The molecule has 3 nitrogen and oxygen atoms in total. The fraction of sp³-hybridized carbons (Fsp3) is 0.368. The molecule has 1 N–H and O–H groups in total. The summed E-state index contributed by atoms with van der Waals surface area (Å²) in [5, 5.41) is -0.553. The molecule has 2 aromatic carbocycles. The normalized spacial score (nSPS) is 10.9. The van der Waals surface area contributed by atoms with Crippen molar-refractivity contribution in [2.24, 2.45) is 0 Å². The van der Waals surface area contributed by atoms with Gasteiger partial charge in [0.2, 0.25) is 11.6 Å². The van der Waals surface area contributed by atoms with Crippen LogP contribution in [0.2, 0.25) is 0 Å². The highest BCUT2D eigenvalue weighted by molar-refractivity contribution is 7.79. The van der Waals surface area contributed by atoms with E-state index in [0.29, 0.717) is 0 Å². The molecule has 0 saturated carbocycles. The number of aryl methyl sites for hydroxylation is 1. The fourth-order valence-electron chi connectivity index (χ4n) is 2.03. The van der Waals surface area contributed by atoms with E-state index in [1.54, 1.807) is 21.4 Å². The Hall–Kier alpha value is -1.43. The Bertz CT molecular complexity index is 724. The van der Waals surface area contributed by atoms with Gasteiger partial charge in [0, 0.05) is 5.30 Å². The lowest BCUT2D eigenvalue weighted by Crippen LogP contribution is -2.15. The zero-order valence-corrected chi connectivity index (χ0v) is 18.1. The summed E-state index contributed by atoms with van der Waals surface area (Å²) >= 11 is -2.86. The Morgan fingerprint density at radius 1 is 1.00 bits per heavy atom. The van der Waals surface area contributed by atoms with Crippen molar-refractivity contribution in [3.8, 4) is 11.5 Å². The second-order valence-electron chi connectivity index (χ2n) is 4.76. The van der Waals surface area contributed by atoms with E-state index in [1.807, 2.05) is 34.6 Å². The first-order valence-electron chi connectivity index (χ1n) is 8.70. The number of ether oxygens (including phenoxy) is 1. The maximum atomic E-state index is 14.2. The number of benzene rings is 2. The number of rotatable bonds is 5. The van der Waals surface area contributed by atoms with E-state index in [2.05, 4.69) is 0 Å². The Morgan fingerprint density at radius 2 is 1.52 bits per heavy atom. The lowest BCUT2D eigenvalue weighted by Gasteiger charge is -2.13. The highest BCUT2D eigenvalue weighted by Crippen LogP contribution is 2.32. The molecule has 2 aromatic rings. The maximum absolute atomic E-state index is 14.2. The highest BCUT2D eigenvalue weighted by Gasteiger charge is 2.27. The van der Waals surface area contributed by atoms with Gasteiger partial charge in [-0.2, -0.15) is 4.39 Å². The van der Waals surface area contributed by atoms with E-state index in [0.717, 1.165) is 18.4 Å². The third kappa shape index (κ3) is 6.59. The molecule has 0 bridgehead atoms. The summed E-state index contributed by atoms with van der Waals surface area (Å²) in [5.74, 6) is -5.34. The predicted molar refractivity (Wildman–Crippen MR) is 108 cm³/mol. The van der Waals surface area contributed by atoms with Gasteiger partial charge in [-0.1, -0.05) is 53.2 Å². The molecule has 152 valence electrons. The Labute approximate surface area is 163 Å². The van der Waals surface area contributed by atoms with Crippen LogP contribution in [0.25, 0.3) is 0 Å². The van der Waals surface area contributed by atoms with Crippen molar-refractivity contribution < 1.29 is 26.7 Å². The Morgan fingerprint density at radius 3 is 1.96 bits per heavy atom. The topological polar surface area (TPSA) is 46.5 Å². The molecular weight excluding hydrogens is 396 g/mol. The van der Waals surface area contributed by atoms with E-state index in [1.165, 1.54) is 12.1 Å². The summed E-state index contributed by atoms with van der Waals surface area (Å²) in [7, 11) is 1.78. The molecule has 2 unspecified atom stereocenters. The summed E-state index contributed by atoms with van der Waals surface area (Å²) < 4.78 is 67.0. The van der Waals surface area contributed by atoms with Gasteiger partial charge in [0.15, 0.2) is 22.7 Å². The molecular formula is C19H26F3O3PS. The van der Waals surface area contributed by atoms with Crippen molar-refractivity contribution in [2.45, 2.75) is 52.4 Å². The lowest BCUT2D eigenvalue weighted by atomic mass is 10.1. The molecule has 0 radical (unpaired) electrons. The minimum atomic E-state index is -2.86. The monoisotopic (exact) mass is 422 g/mol. The van der Waals surface area contributed by atoms with Crippen LogP contribution < -0.4 is 10.0 Å². The van der Waals surface area contributed by atoms with E-state index >= 15 is 0 Å². The third-order valence-corrected chi connectivity index (χ3v) is 4.63. The molecule has 0 aliphatic carbocycles. The molecule has 0 aromatic heterocycles. The van der Waals surface area contributed by atoms with Crippen molar-refractivity contribution in [2.75, 3.05) is 0 Å². The van der Waals surface area contributed by atoms with Gasteiger partial charge in [0.1, 0.15) is 10.6 Å². The molecule has 0 saturated heterocycles. The van der Waals surface area contributed by atoms with Gasteiger partial charge >= 0.3 is 0 Å². The summed E-state index contributed by atoms with van der Waals surface area (Å²) in [6.45, 7) is 10.0. The molecule has 0 fully saturated rings. The Balaban J connectivity index is 0.00000158. The third-order valence-electron chi connectivity index (χ3n) is 3.13. The molecule has 0 aliphatic heterocycles. The van der Waals surface area contributed by atoms with Crippen molar-refractivity contribution >= 4 is 25.6 Å². The summed E-state index contributed by atoms with van der Waals surface area (Å²) in [4.78, 5) is -0.962. The van der Waals surface area contributed by atoms with Crippen LogP contribution in [0.5, 0.6) is 11.5 Å². The minimum absolute atomic E-state index is 0.129. The average molecular weight is 422 g/mol. The Kier molecular flexibility index (Phi) is 12.2. The second kappa shape index (κ2) is 12.9. The van der Waals surface area contributed by atoms with Crippen LogP contribution in [0.3, 0.4) is 0 Å². The number of hydrogen-bond acceptors (Lipinski definition) is 2. The van der Waals surface area contributed by atoms with Gasteiger partial charge in [-0.05, 0) is 24.1 Å². The first-order valence-corrected chi connectivity index (χ1v) is 10.4. The quantitative estimate of drug-likeness (QED) is 0.366. The SMILES string of the molecule is CC.CC.CCCc1ccc(Oc2c(F)c(F)c(S(=O)O)c(P)c2F)cc1. The first-order chi connectivity index (χ1) is 12.9. The van der Waals surface area contributed by atoms with Crippen molar-refractivity contribution in [3.63, 3.8) is 0 Å². The van der Waals surface area contributed by atoms with Crippen LogP contribution in [0, 0.1) is 17.5 Å². The predicted octanol–water partition coefficient (Wildman–Crippen LogP) is 5.98. The number of hydrogen-bond donors (Lipinski definition) is 1. The molecule has 8 heteroatoms. The van der Waals surface area contributed by atoms with Crippen LogP contribution >= 0.6 is 9.24 Å². The first kappa shape index (κ1) is 25.6. The second-order valence-corrected chi connectivity index (χ2v) is 6.24. The average Bonchev–Trinajstić information content (AvgIpc) is 2.68. The van der Waals surface area contributed by atoms with Gasteiger partial charge in [-0.25, -0.2) is 13.0 Å². The minimum Gasteiger partial charge on any atom is -0.451 e. The standard InChI is InChI=1S/C15H14F3O3PS.2C2H6/c1-2-3-8-4-6-9(7-5-8)21-13-10(16)11(17)15(23(19)20)14(22)12(13)18;2*1-2/h4-7H,2-3,22H2,1H3,(H,19,20);2*1-2H3. The summed E-state index contributed by atoms with van der Waals surface area (Å²) in [6, 6.07) is 6.51. The van der Waals surface area contributed by atoms with Gasteiger partial charge in [-0.15, -0.1) is 9.24 Å². The smallest absolute Gasteiger partial charge is 0.205 e. The van der Waals surface area contributed by atoms with Crippen LogP contribution in [-0.2, 0) is 17.5 Å². The molecule has 2 rings (SSSR count). The van der Waals surface area contributed by atoms with Gasteiger partial charge in [0.05, 0.1) is 0 Å². The molecule has 0 aliphatic rings. The zero-order chi connectivity index (χ0) is 21.1. The zero-order valence-electron chi connectivity index (χ0n) is 16.1. The number of halogens is 3. The van der Waals surface area contributed by atoms with Crippen molar-refractivity contribution in [3.05, 3.63) is 47.3 Å². The molecule has 0 heterocycles. The van der Waals surface area contributed by atoms with Crippen LogP contribution in [0.4, 0.5) is 13.2 Å². The van der Waals surface area contributed by atoms with E-state index in [9.17, 15) is 17.4 Å². The van der Waals surface area contributed by atoms with Crippen LogP contribution in [0.1, 0.15) is 46.6 Å². The highest BCUT2D eigenvalue weighted by atomic mass is 32.2.